The number of hydrogen-bond acceptors (Lipinski definition) is 6. The summed E-state index contributed by atoms with van der Waals surface area (Å²) in [6, 6.07) is 1.85. The first kappa shape index (κ1) is 16.2. The third-order valence-electron chi connectivity index (χ3n) is 3.56. The van der Waals surface area contributed by atoms with E-state index in [-0.39, 0.29) is 12.0 Å². The minimum atomic E-state index is -0.0472. The molecule has 2 aromatic rings. The maximum absolute atomic E-state index is 12.4. The number of rotatable bonds is 4. The third kappa shape index (κ3) is 3.81. The van der Waals surface area contributed by atoms with Crippen LogP contribution in [-0.2, 0) is 0 Å². The van der Waals surface area contributed by atoms with E-state index in [2.05, 4.69) is 25.9 Å². The number of nitrogens with zero attached hydrogens (tertiary/aromatic N) is 4. The van der Waals surface area contributed by atoms with E-state index in [0.717, 1.165) is 21.6 Å². The molecule has 0 aromatic carbocycles. The van der Waals surface area contributed by atoms with Crippen molar-refractivity contribution in [1.82, 2.24) is 14.9 Å². The van der Waals surface area contributed by atoms with Gasteiger partial charge < -0.3 is 14.5 Å². The van der Waals surface area contributed by atoms with Crippen LogP contribution in [0.25, 0.3) is 0 Å². The summed E-state index contributed by atoms with van der Waals surface area (Å²) in [5, 5.41) is 1.92. The molecule has 122 valence electrons. The van der Waals surface area contributed by atoms with Crippen molar-refractivity contribution in [2.75, 3.05) is 32.1 Å². The fraction of sp³-hybridized carbons (Fsp3) is 0.400. The molecule has 1 saturated heterocycles. The van der Waals surface area contributed by atoms with E-state index in [9.17, 15) is 4.79 Å². The summed E-state index contributed by atoms with van der Waals surface area (Å²) in [4.78, 5) is 25.4. The first-order chi connectivity index (χ1) is 11.0. The van der Waals surface area contributed by atoms with Crippen molar-refractivity contribution in [2.24, 2.45) is 0 Å². The van der Waals surface area contributed by atoms with Gasteiger partial charge in [0.2, 0.25) is 5.88 Å². The van der Waals surface area contributed by atoms with Crippen LogP contribution in [0.3, 0.4) is 0 Å². The normalized spacial score (nSPS) is 17.3. The molecule has 0 N–H and O–H groups in total. The van der Waals surface area contributed by atoms with Gasteiger partial charge in [0.25, 0.3) is 5.91 Å². The minimum absolute atomic E-state index is 0.0472. The zero-order valence-electron chi connectivity index (χ0n) is 12.9. The van der Waals surface area contributed by atoms with Gasteiger partial charge in [0, 0.05) is 36.9 Å². The zero-order valence-corrected chi connectivity index (χ0v) is 15.3. The van der Waals surface area contributed by atoms with Crippen molar-refractivity contribution in [3.05, 3.63) is 33.2 Å². The Morgan fingerprint density at radius 2 is 2.30 bits per heavy atom. The van der Waals surface area contributed by atoms with Gasteiger partial charge in [-0.1, -0.05) is 0 Å². The van der Waals surface area contributed by atoms with E-state index in [4.69, 9.17) is 4.74 Å². The van der Waals surface area contributed by atoms with Crippen molar-refractivity contribution in [3.8, 4) is 5.88 Å². The summed E-state index contributed by atoms with van der Waals surface area (Å²) in [5.74, 6) is 1.30. The lowest BCUT2D eigenvalue weighted by Gasteiger charge is -2.17. The Bertz CT molecular complexity index is 706. The van der Waals surface area contributed by atoms with E-state index >= 15 is 0 Å². The maximum Gasteiger partial charge on any atom is 0.264 e. The lowest BCUT2D eigenvalue weighted by Crippen LogP contribution is -2.30. The highest BCUT2D eigenvalue weighted by Gasteiger charge is 2.29. The summed E-state index contributed by atoms with van der Waals surface area (Å²) in [6.07, 6.45) is 4.04. The van der Waals surface area contributed by atoms with Crippen LogP contribution >= 0.6 is 27.3 Å². The van der Waals surface area contributed by atoms with Crippen LogP contribution < -0.4 is 9.64 Å². The van der Waals surface area contributed by atoms with Gasteiger partial charge in [-0.25, -0.2) is 0 Å². The summed E-state index contributed by atoms with van der Waals surface area (Å²) in [5.41, 5.74) is 0. The largest absolute Gasteiger partial charge is 0.471 e. The Labute approximate surface area is 147 Å². The number of hydrogen-bond donors (Lipinski definition) is 0. The maximum atomic E-state index is 12.4. The molecule has 1 amide bonds. The van der Waals surface area contributed by atoms with Crippen molar-refractivity contribution in [3.63, 3.8) is 0 Å². The highest BCUT2D eigenvalue weighted by molar-refractivity contribution is 9.10. The molecule has 0 unspecified atom stereocenters. The first-order valence-corrected chi connectivity index (χ1v) is 8.89. The fourth-order valence-electron chi connectivity index (χ4n) is 2.37. The molecular weight excluding hydrogens is 380 g/mol. The van der Waals surface area contributed by atoms with Crippen molar-refractivity contribution in [2.45, 2.75) is 12.5 Å². The van der Waals surface area contributed by atoms with E-state index in [1.54, 1.807) is 12.4 Å². The molecule has 1 aliphatic rings. The molecule has 2 aromatic heterocycles. The third-order valence-corrected chi connectivity index (χ3v) is 5.23. The van der Waals surface area contributed by atoms with Crippen molar-refractivity contribution >= 4 is 39.0 Å². The van der Waals surface area contributed by atoms with Gasteiger partial charge >= 0.3 is 0 Å². The lowest BCUT2D eigenvalue weighted by atomic mass is 10.3. The van der Waals surface area contributed by atoms with Gasteiger partial charge in [0.15, 0.2) is 5.82 Å². The van der Waals surface area contributed by atoms with Crippen LogP contribution in [0.15, 0.2) is 28.3 Å². The van der Waals surface area contributed by atoms with Crippen LogP contribution in [0.4, 0.5) is 5.82 Å². The Morgan fingerprint density at radius 3 is 3.00 bits per heavy atom. The standard InChI is InChI=1S/C15H17BrN4O2S/c1-19(2)13-6-17-7-14(18-13)22-11-3-4-20(8-11)15(21)12-5-10(16)9-23-12/h5-7,9,11H,3-4,8H2,1-2H3/t11-/m0/s1. The van der Waals surface area contributed by atoms with E-state index in [1.807, 2.05) is 35.3 Å². The average molecular weight is 397 g/mol. The SMILES string of the molecule is CN(C)c1cncc(O[C@H]2CCN(C(=O)c3cc(Br)cs3)C2)n1. The molecule has 0 radical (unpaired) electrons. The van der Waals surface area contributed by atoms with Crippen molar-refractivity contribution < 1.29 is 9.53 Å². The Kier molecular flexibility index (Phi) is 4.82. The topological polar surface area (TPSA) is 58.6 Å². The van der Waals surface area contributed by atoms with E-state index in [1.165, 1.54) is 11.3 Å². The molecule has 1 aliphatic heterocycles. The van der Waals surface area contributed by atoms with E-state index < -0.39 is 0 Å². The Hall–Kier alpha value is -1.67. The number of thiophene rings is 1. The number of anilines is 1. The molecule has 0 spiro atoms. The molecular formula is C15H17BrN4O2S. The van der Waals surface area contributed by atoms with Gasteiger partial charge in [-0.15, -0.1) is 11.3 Å². The number of carbonyl (C=O) groups excluding carboxylic acids is 1. The smallest absolute Gasteiger partial charge is 0.264 e. The van der Waals surface area contributed by atoms with Crippen molar-refractivity contribution in [1.29, 1.82) is 0 Å². The monoisotopic (exact) mass is 396 g/mol. The lowest BCUT2D eigenvalue weighted by molar-refractivity contribution is 0.0776. The predicted molar refractivity (Wildman–Crippen MR) is 93.3 cm³/mol. The number of ether oxygens (including phenoxy) is 1. The highest BCUT2D eigenvalue weighted by Crippen LogP contribution is 2.24. The second-order valence-corrected chi connectivity index (χ2v) is 7.35. The molecule has 0 saturated carbocycles. The second kappa shape index (κ2) is 6.84. The highest BCUT2D eigenvalue weighted by atomic mass is 79.9. The number of halogens is 1. The molecule has 6 nitrogen and oxygen atoms in total. The minimum Gasteiger partial charge on any atom is -0.471 e. The number of carbonyl (C=O) groups is 1. The molecule has 0 aliphatic carbocycles. The second-order valence-electron chi connectivity index (χ2n) is 5.52. The molecule has 1 fully saturated rings. The van der Waals surface area contributed by atoms with Crippen LogP contribution in [0.5, 0.6) is 5.88 Å². The van der Waals surface area contributed by atoms with Crippen LogP contribution in [0.1, 0.15) is 16.1 Å². The fourth-order valence-corrected chi connectivity index (χ4v) is 3.76. The summed E-state index contributed by atoms with van der Waals surface area (Å²) in [6.45, 7) is 1.27. The molecule has 3 rings (SSSR count). The average Bonchev–Trinajstić information content (AvgIpc) is 3.16. The predicted octanol–water partition coefficient (Wildman–Crippen LogP) is 2.66. The molecule has 23 heavy (non-hydrogen) atoms. The van der Waals surface area contributed by atoms with Crippen LogP contribution in [-0.4, -0.2) is 54.1 Å². The summed E-state index contributed by atoms with van der Waals surface area (Å²) < 4.78 is 6.83. The number of amides is 1. The number of aromatic nitrogens is 2. The van der Waals surface area contributed by atoms with Gasteiger partial charge in [-0.2, -0.15) is 4.98 Å². The summed E-state index contributed by atoms with van der Waals surface area (Å²) in [7, 11) is 3.81. The van der Waals surface area contributed by atoms with Gasteiger partial charge in [0.1, 0.15) is 6.10 Å². The molecule has 8 heteroatoms. The summed E-state index contributed by atoms with van der Waals surface area (Å²) >= 11 is 4.83. The van der Waals surface area contributed by atoms with Crippen LogP contribution in [0, 0.1) is 0 Å². The molecule has 1 atom stereocenters. The van der Waals surface area contributed by atoms with Crippen LogP contribution in [0.2, 0.25) is 0 Å². The number of likely N-dealkylation sites (tertiary alicyclic amines) is 1. The Balaban J connectivity index is 1.62. The van der Waals surface area contributed by atoms with Gasteiger partial charge in [0.05, 0.1) is 23.8 Å². The Morgan fingerprint density at radius 1 is 1.48 bits per heavy atom. The molecule has 3 heterocycles. The van der Waals surface area contributed by atoms with Gasteiger partial charge in [-0.05, 0) is 22.0 Å². The first-order valence-electron chi connectivity index (χ1n) is 7.22. The zero-order chi connectivity index (χ0) is 16.4. The molecule has 0 bridgehead atoms. The van der Waals surface area contributed by atoms with Gasteiger partial charge in [-0.3, -0.25) is 9.78 Å². The van der Waals surface area contributed by atoms with E-state index in [0.29, 0.717) is 19.0 Å². The quantitative estimate of drug-likeness (QED) is 0.794.